The maximum Gasteiger partial charge on any atom is 0.119 e. The number of nitrogens with one attached hydrogen (secondary N) is 1. The average Bonchev–Trinajstić information content (AvgIpc) is 2.74. The van der Waals surface area contributed by atoms with Crippen LogP contribution < -0.4 is 5.73 Å². The minimum Gasteiger partial charge on any atom is -0.384 e. The number of aryl methyl sites for hydroxylation is 2. The van der Waals surface area contributed by atoms with E-state index in [1.807, 2.05) is 32.0 Å². The number of benzene rings is 1. The van der Waals surface area contributed by atoms with Crippen LogP contribution in [0.1, 0.15) is 11.3 Å². The van der Waals surface area contributed by atoms with Crippen molar-refractivity contribution in [3.8, 4) is 11.4 Å². The lowest BCUT2D eigenvalue weighted by Crippen LogP contribution is -1.95. The molecule has 0 aliphatic rings. The van der Waals surface area contributed by atoms with Gasteiger partial charge in [-0.3, -0.25) is 5.10 Å². The second-order valence-corrected chi connectivity index (χ2v) is 4.36. The van der Waals surface area contributed by atoms with Crippen molar-refractivity contribution >= 4 is 16.9 Å². The Kier molecular flexibility index (Phi) is 2.26. The van der Waals surface area contributed by atoms with Crippen molar-refractivity contribution < 1.29 is 0 Å². The molecule has 0 bridgehead atoms. The Hall–Kier alpha value is -2.43. The van der Waals surface area contributed by atoms with Gasteiger partial charge in [0.15, 0.2) is 0 Å². The number of aromatic nitrogens is 4. The van der Waals surface area contributed by atoms with Crippen molar-refractivity contribution in [2.24, 2.45) is 0 Å². The normalized spacial score (nSPS) is 11.0. The summed E-state index contributed by atoms with van der Waals surface area (Å²) in [6.45, 7) is 3.97. The van der Waals surface area contributed by atoms with E-state index in [0.717, 1.165) is 28.1 Å². The maximum atomic E-state index is 5.63. The molecule has 0 aliphatic carbocycles. The van der Waals surface area contributed by atoms with E-state index in [-0.39, 0.29) is 0 Å². The average molecular weight is 239 g/mol. The van der Waals surface area contributed by atoms with E-state index in [0.29, 0.717) is 5.82 Å². The highest BCUT2D eigenvalue weighted by atomic mass is 15.2. The third-order valence-corrected chi connectivity index (χ3v) is 2.83. The van der Waals surface area contributed by atoms with Gasteiger partial charge in [-0.2, -0.15) is 5.10 Å². The fourth-order valence-electron chi connectivity index (χ4n) is 1.95. The van der Waals surface area contributed by atoms with Crippen LogP contribution in [0.3, 0.4) is 0 Å². The molecule has 0 saturated heterocycles. The van der Waals surface area contributed by atoms with Crippen molar-refractivity contribution in [3.05, 3.63) is 35.5 Å². The van der Waals surface area contributed by atoms with Crippen molar-refractivity contribution in [1.82, 2.24) is 20.2 Å². The van der Waals surface area contributed by atoms with Crippen LogP contribution in [0.15, 0.2) is 24.3 Å². The molecule has 5 heteroatoms. The third kappa shape index (κ3) is 1.69. The van der Waals surface area contributed by atoms with E-state index in [2.05, 4.69) is 20.2 Å². The largest absolute Gasteiger partial charge is 0.384 e. The van der Waals surface area contributed by atoms with Gasteiger partial charge in [0.05, 0.1) is 16.7 Å². The summed E-state index contributed by atoms with van der Waals surface area (Å²) in [6, 6.07) is 7.78. The van der Waals surface area contributed by atoms with Gasteiger partial charge < -0.3 is 5.73 Å². The lowest BCUT2D eigenvalue weighted by Gasteiger charge is -2.04. The smallest absolute Gasteiger partial charge is 0.119 e. The molecular formula is C13H13N5. The first kappa shape index (κ1) is 10.7. The van der Waals surface area contributed by atoms with Crippen molar-refractivity contribution in [2.75, 3.05) is 5.73 Å². The van der Waals surface area contributed by atoms with E-state index < -0.39 is 0 Å². The summed E-state index contributed by atoms with van der Waals surface area (Å²) in [6.07, 6.45) is 0. The summed E-state index contributed by atoms with van der Waals surface area (Å²) in [7, 11) is 0. The van der Waals surface area contributed by atoms with Gasteiger partial charge in [-0.15, -0.1) is 0 Å². The van der Waals surface area contributed by atoms with Crippen molar-refractivity contribution in [3.63, 3.8) is 0 Å². The molecule has 0 radical (unpaired) electrons. The summed E-state index contributed by atoms with van der Waals surface area (Å²) in [4.78, 5) is 9.16. The second-order valence-electron chi connectivity index (χ2n) is 4.36. The van der Waals surface area contributed by atoms with Gasteiger partial charge in [0.2, 0.25) is 0 Å². The summed E-state index contributed by atoms with van der Waals surface area (Å²) >= 11 is 0. The minimum atomic E-state index is 0.523. The molecule has 5 nitrogen and oxygen atoms in total. The number of aromatic amines is 1. The van der Waals surface area contributed by atoms with E-state index in [4.69, 9.17) is 5.73 Å². The fourth-order valence-corrected chi connectivity index (χ4v) is 1.95. The summed E-state index contributed by atoms with van der Waals surface area (Å²) in [5.74, 6) is 0.523. The topological polar surface area (TPSA) is 80.5 Å². The van der Waals surface area contributed by atoms with Crippen LogP contribution in [-0.2, 0) is 0 Å². The Balaban J connectivity index is 2.24. The molecule has 2 aromatic heterocycles. The molecule has 0 aliphatic heterocycles. The van der Waals surface area contributed by atoms with E-state index in [9.17, 15) is 0 Å². The maximum absolute atomic E-state index is 5.63. The molecule has 0 saturated carbocycles. The van der Waals surface area contributed by atoms with Crippen LogP contribution >= 0.6 is 0 Å². The van der Waals surface area contributed by atoms with Crippen molar-refractivity contribution in [1.29, 1.82) is 0 Å². The number of rotatable bonds is 1. The van der Waals surface area contributed by atoms with Crippen molar-refractivity contribution in [2.45, 2.75) is 13.8 Å². The molecule has 90 valence electrons. The molecule has 3 aromatic rings. The summed E-state index contributed by atoms with van der Waals surface area (Å²) in [5, 5.41) is 6.83. The second kappa shape index (κ2) is 3.80. The Bertz CT molecular complexity index is 729. The number of hydrogen-bond acceptors (Lipinski definition) is 4. The standard InChI is InChI=1S/C13H13N5/c1-7-3-4-9-10(5-7)15-8(2)13(16-9)11-6-12(14)18-17-11/h3-6H,1-2H3,(H3,14,17,18). The summed E-state index contributed by atoms with van der Waals surface area (Å²) < 4.78 is 0. The molecule has 0 fully saturated rings. The minimum absolute atomic E-state index is 0.523. The van der Waals surface area contributed by atoms with Gasteiger partial charge in [-0.25, -0.2) is 9.97 Å². The van der Waals surface area contributed by atoms with Gasteiger partial charge in [0, 0.05) is 6.07 Å². The first-order valence-corrected chi connectivity index (χ1v) is 5.70. The molecular weight excluding hydrogens is 226 g/mol. The Morgan fingerprint density at radius 1 is 1.06 bits per heavy atom. The molecule has 3 rings (SSSR count). The van der Waals surface area contributed by atoms with Gasteiger partial charge in [0.25, 0.3) is 0 Å². The SMILES string of the molecule is Cc1ccc2nc(-c3cc(N)[nH]n3)c(C)nc2c1. The number of hydrogen-bond donors (Lipinski definition) is 2. The summed E-state index contributed by atoms with van der Waals surface area (Å²) in [5.41, 5.74) is 10.9. The zero-order valence-corrected chi connectivity index (χ0v) is 10.2. The highest BCUT2D eigenvalue weighted by molar-refractivity contribution is 5.78. The molecule has 2 heterocycles. The quantitative estimate of drug-likeness (QED) is 0.682. The molecule has 3 N–H and O–H groups in total. The van der Waals surface area contributed by atoms with Crippen LogP contribution in [0.25, 0.3) is 22.4 Å². The van der Waals surface area contributed by atoms with Crippen LogP contribution in [0.2, 0.25) is 0 Å². The zero-order valence-electron chi connectivity index (χ0n) is 10.2. The molecule has 18 heavy (non-hydrogen) atoms. The molecule has 0 unspecified atom stereocenters. The number of nitrogen functional groups attached to an aromatic ring is 1. The highest BCUT2D eigenvalue weighted by Crippen LogP contribution is 2.22. The van der Waals surface area contributed by atoms with Gasteiger partial charge in [0.1, 0.15) is 17.2 Å². The molecule has 0 amide bonds. The van der Waals surface area contributed by atoms with E-state index in [1.54, 1.807) is 6.07 Å². The van der Waals surface area contributed by atoms with Crippen LogP contribution in [-0.4, -0.2) is 20.2 Å². The lowest BCUT2D eigenvalue weighted by molar-refractivity contribution is 1.08. The molecule has 0 atom stereocenters. The Morgan fingerprint density at radius 2 is 1.89 bits per heavy atom. The number of nitrogens with two attached hydrogens (primary N) is 1. The first-order valence-electron chi connectivity index (χ1n) is 5.70. The van der Waals surface area contributed by atoms with Crippen LogP contribution in [0.4, 0.5) is 5.82 Å². The number of anilines is 1. The molecule has 0 spiro atoms. The Labute approximate surface area is 104 Å². The van der Waals surface area contributed by atoms with Crippen LogP contribution in [0.5, 0.6) is 0 Å². The molecule has 1 aromatic carbocycles. The number of nitrogens with zero attached hydrogens (tertiary/aromatic N) is 3. The van der Waals surface area contributed by atoms with Gasteiger partial charge in [-0.05, 0) is 31.5 Å². The zero-order chi connectivity index (χ0) is 12.7. The van der Waals surface area contributed by atoms with Crippen LogP contribution in [0, 0.1) is 13.8 Å². The number of fused-ring (bicyclic) bond motifs is 1. The van der Waals surface area contributed by atoms with E-state index >= 15 is 0 Å². The fraction of sp³-hybridized carbons (Fsp3) is 0.154. The predicted molar refractivity (Wildman–Crippen MR) is 71.0 cm³/mol. The monoisotopic (exact) mass is 239 g/mol. The first-order chi connectivity index (χ1) is 8.63. The third-order valence-electron chi connectivity index (χ3n) is 2.83. The predicted octanol–water partition coefficient (Wildman–Crippen LogP) is 2.22. The number of H-pyrrole nitrogens is 1. The Morgan fingerprint density at radius 3 is 2.61 bits per heavy atom. The van der Waals surface area contributed by atoms with E-state index in [1.165, 1.54) is 5.56 Å². The van der Waals surface area contributed by atoms with Gasteiger partial charge >= 0.3 is 0 Å². The van der Waals surface area contributed by atoms with Gasteiger partial charge in [-0.1, -0.05) is 6.07 Å². The lowest BCUT2D eigenvalue weighted by atomic mass is 10.2. The highest BCUT2D eigenvalue weighted by Gasteiger charge is 2.10.